The van der Waals surface area contributed by atoms with Crippen LogP contribution in [0, 0.1) is 0 Å². The molecule has 0 aliphatic rings. The molecule has 0 aliphatic carbocycles. The summed E-state index contributed by atoms with van der Waals surface area (Å²) in [5.74, 6) is 0.781. The first kappa shape index (κ1) is 26.4. The van der Waals surface area contributed by atoms with Crippen molar-refractivity contribution >= 4 is 39.8 Å². The zero-order valence-electron chi connectivity index (χ0n) is 18.0. The summed E-state index contributed by atoms with van der Waals surface area (Å²) < 4.78 is 23.0. The molecule has 30 heavy (non-hydrogen) atoms. The topological polar surface area (TPSA) is 73.8 Å². The van der Waals surface area contributed by atoms with Crippen LogP contribution in [-0.2, 0) is 22.8 Å². The predicted molar refractivity (Wildman–Crippen MR) is 135 cm³/mol. The molecule has 2 rings (SSSR count). The first-order valence-electron chi connectivity index (χ1n) is 9.84. The second-order valence-electron chi connectivity index (χ2n) is 7.17. The lowest BCUT2D eigenvalue weighted by molar-refractivity contribution is 0.322. The Morgan fingerprint density at radius 3 is 2.20 bits per heavy atom. The van der Waals surface area contributed by atoms with Crippen LogP contribution in [0.25, 0.3) is 0 Å². The lowest BCUT2D eigenvalue weighted by Gasteiger charge is -2.17. The fourth-order valence-corrected chi connectivity index (χ4v) is 3.61. The molecule has 2 aromatic rings. The Labute approximate surface area is 198 Å². The molecule has 0 spiro atoms. The van der Waals surface area contributed by atoms with Gasteiger partial charge in [-0.1, -0.05) is 42.5 Å². The van der Waals surface area contributed by atoms with Crippen molar-refractivity contribution in [2.75, 3.05) is 40.0 Å². The third kappa shape index (κ3) is 9.90. The monoisotopic (exact) mass is 544 g/mol. The molecule has 0 unspecified atom stereocenters. The van der Waals surface area contributed by atoms with Crippen LogP contribution in [0.4, 0.5) is 0 Å². The van der Waals surface area contributed by atoms with E-state index in [1.54, 1.807) is 19.2 Å². The van der Waals surface area contributed by atoms with Crippen LogP contribution in [-0.4, -0.2) is 59.3 Å². The summed E-state index contributed by atoms with van der Waals surface area (Å²) in [5, 5.41) is 6.63. The van der Waals surface area contributed by atoms with E-state index in [2.05, 4.69) is 51.8 Å². The first-order valence-corrected chi connectivity index (χ1v) is 11.7. The van der Waals surface area contributed by atoms with Crippen molar-refractivity contribution in [1.82, 2.24) is 15.5 Å². The molecular weight excluding hydrogens is 511 g/mol. The molecule has 2 aromatic carbocycles. The summed E-state index contributed by atoms with van der Waals surface area (Å²) in [5.41, 5.74) is 2.41. The SMILES string of the molecule is CN=C(NCCCN(C)Cc1ccccc1)NCCc1ccc(S(C)(=O)=O)cc1.I. The van der Waals surface area contributed by atoms with Gasteiger partial charge in [0.2, 0.25) is 0 Å². The third-order valence-corrected chi connectivity index (χ3v) is 5.71. The average Bonchev–Trinajstić information content (AvgIpc) is 2.70. The van der Waals surface area contributed by atoms with Gasteiger partial charge in [0.25, 0.3) is 0 Å². The molecule has 0 saturated carbocycles. The highest BCUT2D eigenvalue weighted by molar-refractivity contribution is 14.0. The summed E-state index contributed by atoms with van der Waals surface area (Å²) in [4.78, 5) is 6.92. The molecule has 0 saturated heterocycles. The number of nitrogens with zero attached hydrogens (tertiary/aromatic N) is 2. The van der Waals surface area contributed by atoms with Crippen LogP contribution in [0.5, 0.6) is 0 Å². The molecule has 0 radical (unpaired) electrons. The Bertz CT molecular complexity index is 872. The summed E-state index contributed by atoms with van der Waals surface area (Å²) in [6.07, 6.45) is 3.04. The standard InChI is InChI=1S/C22H32N4O2S.HI/c1-23-22(24-15-7-17-26(2)18-20-8-5-4-6-9-20)25-16-14-19-10-12-21(13-11-19)29(3,27)28;/h4-6,8-13H,7,14-18H2,1-3H3,(H2,23,24,25);1H. The van der Waals surface area contributed by atoms with Crippen LogP contribution in [0.2, 0.25) is 0 Å². The number of nitrogens with one attached hydrogen (secondary N) is 2. The Morgan fingerprint density at radius 2 is 1.60 bits per heavy atom. The van der Waals surface area contributed by atoms with Gasteiger partial charge in [0.05, 0.1) is 4.90 Å². The quantitative estimate of drug-likeness (QED) is 0.208. The molecule has 0 amide bonds. The minimum atomic E-state index is -3.14. The normalized spacial score (nSPS) is 11.8. The van der Waals surface area contributed by atoms with Gasteiger partial charge in [-0.05, 0) is 49.7 Å². The predicted octanol–water partition coefficient (Wildman–Crippen LogP) is 2.94. The van der Waals surface area contributed by atoms with Crippen molar-refractivity contribution < 1.29 is 8.42 Å². The molecule has 0 aromatic heterocycles. The van der Waals surface area contributed by atoms with E-state index in [1.807, 2.05) is 18.2 Å². The maximum absolute atomic E-state index is 11.5. The zero-order chi connectivity index (χ0) is 21.1. The van der Waals surface area contributed by atoms with E-state index < -0.39 is 9.84 Å². The van der Waals surface area contributed by atoms with E-state index in [0.29, 0.717) is 4.90 Å². The molecule has 0 heterocycles. The van der Waals surface area contributed by atoms with Crippen molar-refractivity contribution in [2.45, 2.75) is 24.3 Å². The highest BCUT2D eigenvalue weighted by atomic mass is 127. The van der Waals surface area contributed by atoms with Crippen LogP contribution in [0.15, 0.2) is 64.5 Å². The number of aliphatic imine (C=N–C) groups is 1. The van der Waals surface area contributed by atoms with Crippen molar-refractivity contribution in [2.24, 2.45) is 4.99 Å². The number of guanidine groups is 1. The fraction of sp³-hybridized carbons (Fsp3) is 0.409. The molecule has 0 aliphatic heterocycles. The van der Waals surface area contributed by atoms with Gasteiger partial charge >= 0.3 is 0 Å². The van der Waals surface area contributed by atoms with Gasteiger partial charge < -0.3 is 15.5 Å². The number of sulfone groups is 1. The summed E-state index contributed by atoms with van der Waals surface area (Å²) >= 11 is 0. The van der Waals surface area contributed by atoms with E-state index in [9.17, 15) is 8.42 Å². The summed E-state index contributed by atoms with van der Waals surface area (Å²) in [6, 6.07) is 17.5. The van der Waals surface area contributed by atoms with Gasteiger partial charge in [-0.25, -0.2) is 8.42 Å². The molecule has 0 atom stereocenters. The lowest BCUT2D eigenvalue weighted by Crippen LogP contribution is -2.39. The fourth-order valence-electron chi connectivity index (χ4n) is 2.98. The third-order valence-electron chi connectivity index (χ3n) is 4.59. The Morgan fingerprint density at radius 1 is 0.967 bits per heavy atom. The molecule has 0 bridgehead atoms. The van der Waals surface area contributed by atoms with Gasteiger partial charge in [0.1, 0.15) is 0 Å². The van der Waals surface area contributed by atoms with E-state index in [4.69, 9.17) is 0 Å². The number of halogens is 1. The lowest BCUT2D eigenvalue weighted by atomic mass is 10.1. The maximum Gasteiger partial charge on any atom is 0.190 e. The molecule has 2 N–H and O–H groups in total. The number of hydrogen-bond donors (Lipinski definition) is 2. The number of rotatable bonds is 10. The van der Waals surface area contributed by atoms with Crippen LogP contribution in [0.1, 0.15) is 17.5 Å². The van der Waals surface area contributed by atoms with Gasteiger partial charge in [0.15, 0.2) is 15.8 Å². The maximum atomic E-state index is 11.5. The molecule has 0 fully saturated rings. The van der Waals surface area contributed by atoms with E-state index in [1.165, 1.54) is 11.8 Å². The van der Waals surface area contributed by atoms with E-state index in [0.717, 1.165) is 50.5 Å². The summed E-state index contributed by atoms with van der Waals surface area (Å²) in [6.45, 7) is 3.53. The van der Waals surface area contributed by atoms with Crippen LogP contribution >= 0.6 is 24.0 Å². The molecular formula is C22H33IN4O2S. The summed E-state index contributed by atoms with van der Waals surface area (Å²) in [7, 11) is 0.753. The second-order valence-corrected chi connectivity index (χ2v) is 9.18. The molecule has 6 nitrogen and oxygen atoms in total. The number of benzene rings is 2. The minimum Gasteiger partial charge on any atom is -0.356 e. The Hall–Kier alpha value is -1.65. The van der Waals surface area contributed by atoms with Gasteiger partial charge in [-0.15, -0.1) is 24.0 Å². The van der Waals surface area contributed by atoms with E-state index >= 15 is 0 Å². The zero-order valence-corrected chi connectivity index (χ0v) is 21.1. The minimum absolute atomic E-state index is 0. The van der Waals surface area contributed by atoms with Crippen molar-refractivity contribution in [3.8, 4) is 0 Å². The first-order chi connectivity index (χ1) is 13.9. The van der Waals surface area contributed by atoms with Crippen molar-refractivity contribution in [3.05, 3.63) is 65.7 Å². The largest absolute Gasteiger partial charge is 0.356 e. The highest BCUT2D eigenvalue weighted by Crippen LogP contribution is 2.10. The molecule has 8 heteroatoms. The van der Waals surface area contributed by atoms with Crippen LogP contribution in [0.3, 0.4) is 0 Å². The van der Waals surface area contributed by atoms with E-state index in [-0.39, 0.29) is 24.0 Å². The second kappa shape index (κ2) is 13.6. The van der Waals surface area contributed by atoms with Gasteiger partial charge in [-0.2, -0.15) is 0 Å². The van der Waals surface area contributed by atoms with Crippen molar-refractivity contribution in [1.29, 1.82) is 0 Å². The Balaban J connectivity index is 0.00000450. The molecule has 166 valence electrons. The highest BCUT2D eigenvalue weighted by Gasteiger charge is 2.06. The van der Waals surface area contributed by atoms with Crippen molar-refractivity contribution in [3.63, 3.8) is 0 Å². The smallest absolute Gasteiger partial charge is 0.190 e. The average molecular weight is 545 g/mol. The van der Waals surface area contributed by atoms with Gasteiger partial charge in [-0.3, -0.25) is 4.99 Å². The van der Waals surface area contributed by atoms with Gasteiger partial charge in [0, 0.05) is 32.9 Å². The Kier molecular flexibility index (Phi) is 12.0. The van der Waals surface area contributed by atoms with Crippen LogP contribution < -0.4 is 10.6 Å². The number of hydrogen-bond acceptors (Lipinski definition) is 4.